The summed E-state index contributed by atoms with van der Waals surface area (Å²) in [4.78, 5) is 32.1. The second-order valence-corrected chi connectivity index (χ2v) is 8.96. The van der Waals surface area contributed by atoms with Gasteiger partial charge in [-0.1, -0.05) is 31.7 Å². The Morgan fingerprint density at radius 2 is 2.03 bits per heavy atom. The van der Waals surface area contributed by atoms with Crippen molar-refractivity contribution in [2.75, 3.05) is 39.8 Å². The number of carbonyl (C=O) groups excluding carboxylic acids is 2. The van der Waals surface area contributed by atoms with Crippen molar-refractivity contribution in [2.45, 2.75) is 33.2 Å². The normalized spacial score (nSPS) is 18.4. The fourth-order valence-corrected chi connectivity index (χ4v) is 4.51. The van der Waals surface area contributed by atoms with E-state index in [-0.39, 0.29) is 19.1 Å². The van der Waals surface area contributed by atoms with Crippen LogP contribution in [0.15, 0.2) is 34.5 Å². The van der Waals surface area contributed by atoms with E-state index in [9.17, 15) is 9.59 Å². The Kier molecular flexibility index (Phi) is 8.20. The van der Waals surface area contributed by atoms with Crippen molar-refractivity contribution < 1.29 is 28.5 Å². The number of allylic oxidation sites excluding steroid dienone is 1. The van der Waals surface area contributed by atoms with E-state index in [4.69, 9.17) is 18.9 Å². The smallest absolute Gasteiger partial charge is 0.338 e. The van der Waals surface area contributed by atoms with Gasteiger partial charge in [0.2, 0.25) is 5.91 Å². The van der Waals surface area contributed by atoms with E-state index in [0.29, 0.717) is 52.6 Å². The highest BCUT2D eigenvalue weighted by Gasteiger charge is 2.42. The molecule has 0 spiro atoms. The zero-order valence-corrected chi connectivity index (χ0v) is 20.0. The van der Waals surface area contributed by atoms with Crippen LogP contribution in [0.2, 0.25) is 0 Å². The molecule has 1 aromatic carbocycles. The maximum absolute atomic E-state index is 13.0. The van der Waals surface area contributed by atoms with E-state index < -0.39 is 12.0 Å². The van der Waals surface area contributed by atoms with Gasteiger partial charge in [-0.3, -0.25) is 9.69 Å². The van der Waals surface area contributed by atoms with Crippen LogP contribution < -0.4 is 9.47 Å². The molecule has 9 heteroatoms. The number of hydrogen-bond acceptors (Lipinski definition) is 8. The molecule has 0 bridgehead atoms. The topological polar surface area (TPSA) is 86.7 Å². The summed E-state index contributed by atoms with van der Waals surface area (Å²) in [6, 6.07) is 4.82. The lowest BCUT2D eigenvalue weighted by Crippen LogP contribution is -2.45. The van der Waals surface area contributed by atoms with Crippen LogP contribution in [0.5, 0.6) is 11.5 Å². The van der Waals surface area contributed by atoms with Crippen LogP contribution >= 0.6 is 11.8 Å². The summed E-state index contributed by atoms with van der Waals surface area (Å²) in [5.41, 5.74) is 1.59. The lowest BCUT2D eigenvalue weighted by molar-refractivity contribution is -0.141. The van der Waals surface area contributed by atoms with E-state index in [1.54, 1.807) is 18.9 Å². The third-order valence-corrected chi connectivity index (χ3v) is 5.98. The molecule has 1 fully saturated rings. The van der Waals surface area contributed by atoms with Crippen LogP contribution in [0.4, 0.5) is 0 Å². The van der Waals surface area contributed by atoms with E-state index >= 15 is 0 Å². The zero-order valence-electron chi connectivity index (χ0n) is 19.2. The molecule has 1 amide bonds. The number of thioether (sulfide) groups is 1. The highest BCUT2D eigenvalue weighted by atomic mass is 32.2. The van der Waals surface area contributed by atoms with Crippen LogP contribution in [-0.2, 0) is 19.1 Å². The molecule has 32 heavy (non-hydrogen) atoms. The summed E-state index contributed by atoms with van der Waals surface area (Å²) in [6.07, 6.45) is 0.373. The predicted octanol–water partition coefficient (Wildman–Crippen LogP) is 3.57. The molecule has 0 N–H and O–H groups in total. The number of aliphatic imine (C=N–C) groups is 1. The van der Waals surface area contributed by atoms with Crippen LogP contribution in [-0.4, -0.2) is 61.7 Å². The number of amides is 1. The number of carbonyl (C=O) groups is 2. The molecule has 0 saturated carbocycles. The SMILES string of the molecule is COCCOC(=O)C1=C(C)N=C2SCCC(=O)N2[C@H]1c1ccc(OCC(C)C)c(OC)c1. The number of rotatable bonds is 9. The summed E-state index contributed by atoms with van der Waals surface area (Å²) in [5.74, 6) is 1.57. The Morgan fingerprint density at radius 1 is 1.25 bits per heavy atom. The molecule has 2 aliphatic rings. The maximum Gasteiger partial charge on any atom is 0.338 e. The van der Waals surface area contributed by atoms with Crippen molar-refractivity contribution in [3.8, 4) is 11.5 Å². The first kappa shape index (κ1) is 24.1. The number of ether oxygens (including phenoxy) is 4. The van der Waals surface area contributed by atoms with Gasteiger partial charge in [-0.25, -0.2) is 9.79 Å². The van der Waals surface area contributed by atoms with Crippen molar-refractivity contribution in [3.05, 3.63) is 35.0 Å². The lowest BCUT2D eigenvalue weighted by Gasteiger charge is -2.39. The van der Waals surface area contributed by atoms with Crippen molar-refractivity contribution in [1.29, 1.82) is 0 Å². The van der Waals surface area contributed by atoms with Crippen LogP contribution in [0.3, 0.4) is 0 Å². The third-order valence-electron chi connectivity index (χ3n) is 5.02. The van der Waals surface area contributed by atoms with Crippen LogP contribution in [0.25, 0.3) is 0 Å². The number of hydrogen-bond donors (Lipinski definition) is 0. The molecule has 3 rings (SSSR count). The molecule has 174 valence electrons. The van der Waals surface area contributed by atoms with Gasteiger partial charge in [0.15, 0.2) is 16.7 Å². The second kappa shape index (κ2) is 10.9. The number of esters is 1. The van der Waals surface area contributed by atoms with Gasteiger partial charge in [0, 0.05) is 19.3 Å². The number of amidine groups is 1. The van der Waals surface area contributed by atoms with Gasteiger partial charge in [0.05, 0.1) is 37.6 Å². The van der Waals surface area contributed by atoms with Gasteiger partial charge >= 0.3 is 5.97 Å². The lowest BCUT2D eigenvalue weighted by atomic mass is 9.93. The molecule has 0 aliphatic carbocycles. The van der Waals surface area contributed by atoms with Gasteiger partial charge in [0.1, 0.15) is 6.61 Å². The van der Waals surface area contributed by atoms with E-state index in [2.05, 4.69) is 18.8 Å². The summed E-state index contributed by atoms with van der Waals surface area (Å²) < 4.78 is 21.8. The summed E-state index contributed by atoms with van der Waals surface area (Å²) >= 11 is 1.51. The van der Waals surface area contributed by atoms with Crippen molar-refractivity contribution in [2.24, 2.45) is 10.9 Å². The average Bonchev–Trinajstić information content (AvgIpc) is 2.76. The molecular formula is C23H30N2O6S. The van der Waals surface area contributed by atoms with Gasteiger partial charge in [-0.15, -0.1) is 0 Å². The molecule has 8 nitrogen and oxygen atoms in total. The Labute approximate surface area is 192 Å². The predicted molar refractivity (Wildman–Crippen MR) is 123 cm³/mol. The number of nitrogens with zero attached hydrogens (tertiary/aromatic N) is 2. The zero-order chi connectivity index (χ0) is 23.3. The molecular weight excluding hydrogens is 432 g/mol. The third kappa shape index (κ3) is 5.27. The minimum Gasteiger partial charge on any atom is -0.493 e. The van der Waals surface area contributed by atoms with Crippen molar-refractivity contribution in [1.82, 2.24) is 4.90 Å². The van der Waals surface area contributed by atoms with Gasteiger partial charge in [0.25, 0.3) is 0 Å². The summed E-state index contributed by atoms with van der Waals surface area (Å²) in [6.45, 7) is 6.85. The fourth-order valence-electron chi connectivity index (χ4n) is 3.50. The summed E-state index contributed by atoms with van der Waals surface area (Å²) in [5, 5.41) is 0.594. The molecule has 1 saturated heterocycles. The standard InChI is InChI=1S/C23H30N2O6S/c1-14(2)13-31-17-7-6-16(12-18(17)29-5)21-20(22(27)30-10-9-28-4)15(3)24-23-25(21)19(26)8-11-32-23/h6-7,12,14,21H,8-11,13H2,1-5H3/t21-/m0/s1. The maximum atomic E-state index is 13.0. The Bertz CT molecular complexity index is 927. The number of methoxy groups -OCH3 is 2. The van der Waals surface area contributed by atoms with Gasteiger partial charge in [-0.05, 0) is 30.5 Å². The monoisotopic (exact) mass is 462 g/mol. The quantitative estimate of drug-likeness (QED) is 0.410. The van der Waals surface area contributed by atoms with E-state index in [1.165, 1.54) is 18.9 Å². The first-order chi connectivity index (χ1) is 15.4. The van der Waals surface area contributed by atoms with Crippen molar-refractivity contribution in [3.63, 3.8) is 0 Å². The highest BCUT2D eigenvalue weighted by Crippen LogP contribution is 2.42. The highest BCUT2D eigenvalue weighted by molar-refractivity contribution is 8.14. The van der Waals surface area contributed by atoms with E-state index in [0.717, 1.165) is 5.56 Å². The molecule has 2 aliphatic heterocycles. The second-order valence-electron chi connectivity index (χ2n) is 7.90. The first-order valence-electron chi connectivity index (χ1n) is 10.6. The largest absolute Gasteiger partial charge is 0.493 e. The van der Waals surface area contributed by atoms with Crippen LogP contribution in [0.1, 0.15) is 38.8 Å². The van der Waals surface area contributed by atoms with Crippen molar-refractivity contribution >= 4 is 28.8 Å². The molecule has 1 atom stereocenters. The molecule has 1 aromatic rings. The Balaban J connectivity index is 2.03. The number of benzene rings is 1. The summed E-state index contributed by atoms with van der Waals surface area (Å²) in [7, 11) is 3.11. The van der Waals surface area contributed by atoms with E-state index in [1.807, 2.05) is 18.2 Å². The van der Waals surface area contributed by atoms with Crippen LogP contribution in [0, 0.1) is 5.92 Å². The minimum atomic E-state index is -0.661. The molecule has 2 heterocycles. The Hall–Kier alpha value is -2.52. The van der Waals surface area contributed by atoms with Gasteiger partial charge < -0.3 is 18.9 Å². The first-order valence-corrected chi connectivity index (χ1v) is 11.6. The molecule has 0 aromatic heterocycles. The van der Waals surface area contributed by atoms with Gasteiger partial charge in [-0.2, -0.15) is 0 Å². The average molecular weight is 463 g/mol. The molecule has 0 unspecified atom stereocenters. The Morgan fingerprint density at radius 3 is 2.72 bits per heavy atom. The number of fused-ring (bicyclic) bond motifs is 1. The fraction of sp³-hybridized carbons (Fsp3) is 0.522. The molecule has 0 radical (unpaired) electrons. The minimum absolute atomic E-state index is 0.0821.